The van der Waals surface area contributed by atoms with Crippen LogP contribution in [-0.2, 0) is 0 Å². The van der Waals surface area contributed by atoms with Gasteiger partial charge in [0.2, 0.25) is 0 Å². The van der Waals surface area contributed by atoms with Gasteiger partial charge < -0.3 is 20.4 Å². The lowest BCUT2D eigenvalue weighted by Crippen LogP contribution is -2.62. The molecule has 0 amide bonds. The molecule has 0 aromatic rings. The SMILES string of the molecule is CCC(C)CCC[C@H](C)CCN1C[C@H](O)[C@@H](O)[C@H](O)[C@H]1CO. The average Bonchev–Trinajstić information content (AvgIpc) is 2.50. The van der Waals surface area contributed by atoms with Gasteiger partial charge in [-0.3, -0.25) is 4.90 Å². The van der Waals surface area contributed by atoms with E-state index in [1.54, 1.807) is 0 Å². The topological polar surface area (TPSA) is 84.2 Å². The Morgan fingerprint density at radius 1 is 1.00 bits per heavy atom. The number of hydrogen-bond acceptors (Lipinski definition) is 5. The lowest BCUT2D eigenvalue weighted by Gasteiger charge is -2.43. The summed E-state index contributed by atoms with van der Waals surface area (Å²) in [7, 11) is 0. The molecule has 1 fully saturated rings. The second-order valence-corrected chi connectivity index (χ2v) is 7.13. The Bertz CT molecular complexity index is 302. The molecule has 132 valence electrons. The molecule has 1 aliphatic heterocycles. The minimum Gasteiger partial charge on any atom is -0.395 e. The highest BCUT2D eigenvalue weighted by atomic mass is 16.4. The number of nitrogens with zero attached hydrogens (tertiary/aromatic N) is 1. The summed E-state index contributed by atoms with van der Waals surface area (Å²) in [6.07, 6.45) is 2.71. The zero-order valence-electron chi connectivity index (χ0n) is 14.4. The van der Waals surface area contributed by atoms with Crippen molar-refractivity contribution in [2.75, 3.05) is 19.7 Å². The Morgan fingerprint density at radius 3 is 2.23 bits per heavy atom. The second kappa shape index (κ2) is 9.83. The van der Waals surface area contributed by atoms with Gasteiger partial charge in [-0.05, 0) is 24.8 Å². The fourth-order valence-electron chi connectivity index (χ4n) is 3.18. The molecule has 5 nitrogen and oxygen atoms in total. The third-order valence-corrected chi connectivity index (χ3v) is 5.22. The van der Waals surface area contributed by atoms with Gasteiger partial charge in [0, 0.05) is 6.54 Å². The first-order chi connectivity index (χ1) is 10.4. The Hall–Kier alpha value is -0.200. The van der Waals surface area contributed by atoms with Crippen LogP contribution in [0.2, 0.25) is 0 Å². The molecule has 1 aliphatic rings. The molecule has 1 rings (SSSR count). The van der Waals surface area contributed by atoms with Gasteiger partial charge in [-0.15, -0.1) is 0 Å². The summed E-state index contributed by atoms with van der Waals surface area (Å²) >= 11 is 0. The molecule has 6 atom stereocenters. The zero-order valence-corrected chi connectivity index (χ0v) is 14.4. The van der Waals surface area contributed by atoms with Gasteiger partial charge in [0.1, 0.15) is 12.2 Å². The monoisotopic (exact) mass is 317 g/mol. The van der Waals surface area contributed by atoms with Crippen LogP contribution in [0.4, 0.5) is 0 Å². The summed E-state index contributed by atoms with van der Waals surface area (Å²) in [6.45, 7) is 7.59. The number of hydrogen-bond donors (Lipinski definition) is 4. The fraction of sp³-hybridized carbons (Fsp3) is 1.00. The predicted octanol–water partition coefficient (Wildman–Crippen LogP) is 0.988. The van der Waals surface area contributed by atoms with Crippen LogP contribution in [0.25, 0.3) is 0 Å². The van der Waals surface area contributed by atoms with Gasteiger partial charge in [-0.25, -0.2) is 0 Å². The summed E-state index contributed by atoms with van der Waals surface area (Å²) in [6, 6.07) is -0.481. The summed E-state index contributed by atoms with van der Waals surface area (Å²) in [5.41, 5.74) is 0. The van der Waals surface area contributed by atoms with Gasteiger partial charge in [-0.1, -0.05) is 46.5 Å². The average molecular weight is 317 g/mol. The maximum absolute atomic E-state index is 9.96. The molecule has 0 radical (unpaired) electrons. The standard InChI is InChI=1S/C17H35NO4/c1-4-12(2)6-5-7-13(3)8-9-18-10-15(20)17(22)16(21)14(18)11-19/h12-17,19-22H,4-11H2,1-3H3/t12?,13-,14+,15-,16+,17+/m0/s1. The molecule has 0 bridgehead atoms. The first kappa shape index (κ1) is 19.8. The van der Waals surface area contributed by atoms with Crippen LogP contribution in [0.5, 0.6) is 0 Å². The van der Waals surface area contributed by atoms with Crippen molar-refractivity contribution in [3.63, 3.8) is 0 Å². The molecule has 0 aromatic carbocycles. The predicted molar refractivity (Wildman–Crippen MR) is 87.6 cm³/mol. The van der Waals surface area contributed by atoms with E-state index in [4.69, 9.17) is 0 Å². The summed E-state index contributed by atoms with van der Waals surface area (Å²) in [5, 5.41) is 38.9. The van der Waals surface area contributed by atoms with Crippen molar-refractivity contribution in [3.05, 3.63) is 0 Å². The number of aliphatic hydroxyl groups excluding tert-OH is 4. The minimum absolute atomic E-state index is 0.201. The molecule has 5 heteroatoms. The molecule has 4 N–H and O–H groups in total. The molecule has 1 unspecified atom stereocenters. The maximum Gasteiger partial charge on any atom is 0.109 e. The fourth-order valence-corrected chi connectivity index (χ4v) is 3.18. The van der Waals surface area contributed by atoms with Gasteiger partial charge in [0.15, 0.2) is 0 Å². The smallest absolute Gasteiger partial charge is 0.109 e. The summed E-state index contributed by atoms with van der Waals surface area (Å²) < 4.78 is 0. The van der Waals surface area contributed by atoms with Crippen LogP contribution < -0.4 is 0 Å². The van der Waals surface area contributed by atoms with E-state index < -0.39 is 24.4 Å². The van der Waals surface area contributed by atoms with Crippen LogP contribution in [0.15, 0.2) is 0 Å². The van der Waals surface area contributed by atoms with E-state index in [2.05, 4.69) is 20.8 Å². The summed E-state index contributed by atoms with van der Waals surface area (Å²) in [4.78, 5) is 1.91. The largest absolute Gasteiger partial charge is 0.395 e. The molecule has 0 spiro atoms. The van der Waals surface area contributed by atoms with E-state index in [0.717, 1.165) is 18.9 Å². The van der Waals surface area contributed by atoms with Gasteiger partial charge in [0.25, 0.3) is 0 Å². The molecule has 1 saturated heterocycles. The Morgan fingerprint density at radius 2 is 1.64 bits per heavy atom. The number of likely N-dealkylation sites (tertiary alicyclic amines) is 1. The Labute approximate surface area is 135 Å². The lowest BCUT2D eigenvalue weighted by molar-refractivity contribution is -0.145. The van der Waals surface area contributed by atoms with E-state index in [1.807, 2.05) is 4.90 Å². The van der Waals surface area contributed by atoms with E-state index in [-0.39, 0.29) is 6.61 Å². The third kappa shape index (κ3) is 5.78. The van der Waals surface area contributed by atoms with Crippen molar-refractivity contribution in [1.82, 2.24) is 4.90 Å². The first-order valence-electron chi connectivity index (χ1n) is 8.79. The van der Waals surface area contributed by atoms with E-state index in [0.29, 0.717) is 12.5 Å². The molecule has 1 heterocycles. The molecular formula is C17H35NO4. The van der Waals surface area contributed by atoms with Crippen molar-refractivity contribution in [1.29, 1.82) is 0 Å². The molecule has 22 heavy (non-hydrogen) atoms. The molecule has 0 aliphatic carbocycles. The highest BCUT2D eigenvalue weighted by Gasteiger charge is 2.40. The quantitative estimate of drug-likeness (QED) is 0.510. The highest BCUT2D eigenvalue weighted by molar-refractivity contribution is 4.94. The first-order valence-corrected chi connectivity index (χ1v) is 8.79. The molecular weight excluding hydrogens is 282 g/mol. The Kier molecular flexibility index (Phi) is 8.87. The van der Waals surface area contributed by atoms with E-state index in [1.165, 1.54) is 25.7 Å². The number of rotatable bonds is 9. The minimum atomic E-state index is -1.17. The van der Waals surface area contributed by atoms with Crippen molar-refractivity contribution in [2.24, 2.45) is 11.8 Å². The number of piperidine rings is 1. The van der Waals surface area contributed by atoms with Crippen LogP contribution in [-0.4, -0.2) is 69.4 Å². The van der Waals surface area contributed by atoms with Crippen LogP contribution in [0.3, 0.4) is 0 Å². The van der Waals surface area contributed by atoms with Gasteiger partial charge >= 0.3 is 0 Å². The Balaban J connectivity index is 2.35. The maximum atomic E-state index is 9.96. The zero-order chi connectivity index (χ0) is 16.7. The van der Waals surface area contributed by atoms with Crippen molar-refractivity contribution in [2.45, 2.75) is 77.2 Å². The third-order valence-electron chi connectivity index (χ3n) is 5.22. The van der Waals surface area contributed by atoms with Crippen molar-refractivity contribution in [3.8, 4) is 0 Å². The van der Waals surface area contributed by atoms with E-state index >= 15 is 0 Å². The van der Waals surface area contributed by atoms with Gasteiger partial charge in [0.05, 0.1) is 18.8 Å². The van der Waals surface area contributed by atoms with Crippen molar-refractivity contribution >= 4 is 0 Å². The number of aliphatic hydroxyl groups is 4. The molecule has 0 saturated carbocycles. The van der Waals surface area contributed by atoms with Crippen LogP contribution >= 0.6 is 0 Å². The van der Waals surface area contributed by atoms with Crippen LogP contribution in [0.1, 0.15) is 52.9 Å². The highest BCUT2D eigenvalue weighted by Crippen LogP contribution is 2.22. The molecule has 0 aromatic heterocycles. The van der Waals surface area contributed by atoms with E-state index in [9.17, 15) is 20.4 Å². The second-order valence-electron chi connectivity index (χ2n) is 7.13. The summed E-state index contributed by atoms with van der Waals surface area (Å²) in [5.74, 6) is 1.38. The van der Waals surface area contributed by atoms with Crippen LogP contribution in [0, 0.1) is 11.8 Å². The normalized spacial score (nSPS) is 32.9. The van der Waals surface area contributed by atoms with Crippen molar-refractivity contribution < 1.29 is 20.4 Å². The lowest BCUT2D eigenvalue weighted by atomic mass is 9.92. The number of β-amino-alcohol motifs (C(OH)–C–C–N with tert-alkyl or cyclic N) is 1. The van der Waals surface area contributed by atoms with Gasteiger partial charge in [-0.2, -0.15) is 0 Å².